The van der Waals surface area contributed by atoms with Crippen LogP contribution in [-0.2, 0) is 57.6 Å². The van der Waals surface area contributed by atoms with Gasteiger partial charge in [-0.25, -0.2) is 4.98 Å². The van der Waals surface area contributed by atoms with Crippen molar-refractivity contribution in [3.63, 3.8) is 0 Å². The Bertz CT molecular complexity index is 2260. The van der Waals surface area contributed by atoms with E-state index in [-0.39, 0.29) is 56.4 Å². The number of hydrogen-bond acceptors (Lipinski definition) is 10. The lowest BCUT2D eigenvalue weighted by Gasteiger charge is -2.34. The number of imidazole rings is 1. The van der Waals surface area contributed by atoms with Gasteiger partial charge in [0.25, 0.3) is 0 Å². The molecular weight excluding hydrogens is 921 g/mol. The zero-order valence-electron chi connectivity index (χ0n) is 42.4. The maximum absolute atomic E-state index is 14.6. The van der Waals surface area contributed by atoms with Crippen molar-refractivity contribution in [3.8, 4) is 0 Å². The number of aliphatic hydroxyl groups excluding tert-OH is 1. The number of rotatable bonds is 26. The standard InChI is InChI=1S/C53H76N10O9/c1-32(2)24-39(45(65)29-46(66)58-41(25-33(3)4)49(68)60-40(48(54)67)26-35-16-9-6-10-17-35)59-52(71)47(37-20-13-8-14-21-37)62-50(69)42(27-36-18-11-7-12-19-36)61-51(70)44-22-15-23-63(44)53(72)43(57-34(5)64)28-38-30-55-31-56-38/h6-7,9-12,16-19,30-33,37,39-45,47,65H,8,13-15,20-29H2,1-5H3,(H2,54,67)(H,55,56)(H,57,64)(H,58,66)(H,59,71)(H,60,68)(H,61,70)(H,62,69)/t39-,40-,41-,42-,43-,44+,45-,47-/m0/s1. The lowest BCUT2D eigenvalue weighted by molar-refractivity contribution is -0.142. The first-order valence-electron chi connectivity index (χ1n) is 25.5. The van der Waals surface area contributed by atoms with E-state index in [2.05, 4.69) is 41.9 Å². The fraction of sp³-hybridized carbons (Fsp3) is 0.566. The van der Waals surface area contributed by atoms with Crippen molar-refractivity contribution in [2.24, 2.45) is 23.5 Å². The van der Waals surface area contributed by atoms with Crippen molar-refractivity contribution < 1.29 is 43.5 Å². The van der Waals surface area contributed by atoms with E-state index in [4.69, 9.17) is 5.73 Å². The van der Waals surface area contributed by atoms with Crippen LogP contribution in [0.25, 0.3) is 0 Å². The molecule has 0 bridgehead atoms. The quantitative estimate of drug-likeness (QED) is 0.0566. The highest BCUT2D eigenvalue weighted by Gasteiger charge is 2.41. The Morgan fingerprint density at radius 3 is 1.86 bits per heavy atom. The summed E-state index contributed by atoms with van der Waals surface area (Å²) in [4.78, 5) is 118. The fourth-order valence-electron chi connectivity index (χ4n) is 9.74. The van der Waals surface area contributed by atoms with Crippen LogP contribution in [0.4, 0.5) is 0 Å². The van der Waals surface area contributed by atoms with Gasteiger partial charge in [-0.1, -0.05) is 108 Å². The van der Waals surface area contributed by atoms with Crippen molar-refractivity contribution in [1.82, 2.24) is 46.8 Å². The molecule has 1 saturated heterocycles. The molecule has 8 atom stereocenters. The van der Waals surface area contributed by atoms with E-state index in [1.165, 1.54) is 18.2 Å². The number of primary amides is 1. The molecule has 19 nitrogen and oxygen atoms in total. The minimum Gasteiger partial charge on any atom is -0.390 e. The third kappa shape index (κ3) is 17.6. The highest BCUT2D eigenvalue weighted by Crippen LogP contribution is 2.28. The van der Waals surface area contributed by atoms with Crippen LogP contribution < -0.4 is 37.6 Å². The Morgan fingerprint density at radius 1 is 0.681 bits per heavy atom. The fourth-order valence-corrected chi connectivity index (χ4v) is 9.74. The lowest BCUT2D eigenvalue weighted by Crippen LogP contribution is -2.60. The van der Waals surface area contributed by atoms with Crippen molar-refractivity contribution >= 4 is 47.3 Å². The molecule has 2 aliphatic rings. The minimum absolute atomic E-state index is 0.0402. The topological polar surface area (TPSA) is 287 Å². The van der Waals surface area contributed by atoms with Crippen molar-refractivity contribution in [1.29, 1.82) is 0 Å². The summed E-state index contributed by atoms with van der Waals surface area (Å²) in [7, 11) is 0. The van der Waals surface area contributed by atoms with Gasteiger partial charge in [0, 0.05) is 44.6 Å². The molecule has 1 aliphatic heterocycles. The number of nitrogens with one attached hydrogen (secondary N) is 7. The van der Waals surface area contributed by atoms with Gasteiger partial charge in [-0.05, 0) is 67.4 Å². The van der Waals surface area contributed by atoms with E-state index in [0.717, 1.165) is 30.4 Å². The first kappa shape index (κ1) is 56.3. The second kappa shape index (κ2) is 27.8. The zero-order chi connectivity index (χ0) is 52.3. The van der Waals surface area contributed by atoms with Gasteiger partial charge in [0.1, 0.15) is 36.3 Å². The number of carbonyl (C=O) groups is 8. The molecule has 0 radical (unpaired) electrons. The van der Waals surface area contributed by atoms with E-state index in [9.17, 15) is 43.5 Å². The summed E-state index contributed by atoms with van der Waals surface area (Å²) in [5, 5.41) is 28.7. The number of hydrogen-bond donors (Lipinski definition) is 9. The number of carbonyl (C=O) groups excluding carboxylic acids is 8. The molecule has 2 aromatic carbocycles. The van der Waals surface area contributed by atoms with Gasteiger partial charge in [0.05, 0.1) is 24.9 Å². The average Bonchev–Trinajstić information content (AvgIpc) is 4.06. The van der Waals surface area contributed by atoms with Crippen molar-refractivity contribution in [2.75, 3.05) is 6.54 Å². The molecule has 8 amide bonds. The Morgan fingerprint density at radius 2 is 1.29 bits per heavy atom. The average molecular weight is 997 g/mol. The second-order valence-corrected chi connectivity index (χ2v) is 20.3. The third-order valence-electron chi connectivity index (χ3n) is 13.3. The Labute approximate surface area is 422 Å². The van der Waals surface area contributed by atoms with Gasteiger partial charge in [-0.3, -0.25) is 38.4 Å². The van der Waals surface area contributed by atoms with Crippen LogP contribution >= 0.6 is 0 Å². The van der Waals surface area contributed by atoms with E-state index < -0.39 is 102 Å². The van der Waals surface area contributed by atoms with Gasteiger partial charge < -0.3 is 52.6 Å². The molecule has 392 valence electrons. The summed E-state index contributed by atoms with van der Waals surface area (Å²) >= 11 is 0. The highest BCUT2D eigenvalue weighted by atomic mass is 16.3. The van der Waals surface area contributed by atoms with E-state index in [1.54, 1.807) is 6.20 Å². The lowest BCUT2D eigenvalue weighted by atomic mass is 9.83. The number of H-pyrrole nitrogens is 1. The molecule has 2 fully saturated rings. The van der Waals surface area contributed by atoms with Crippen LogP contribution in [0.1, 0.15) is 116 Å². The Balaban J connectivity index is 1.31. The molecule has 5 rings (SSSR count). The molecule has 0 unspecified atom stereocenters. The number of benzene rings is 2. The van der Waals surface area contributed by atoms with Crippen LogP contribution in [-0.4, -0.2) is 122 Å². The van der Waals surface area contributed by atoms with Crippen LogP contribution in [0.5, 0.6) is 0 Å². The largest absolute Gasteiger partial charge is 0.390 e. The minimum atomic E-state index is -1.40. The Hall–Kier alpha value is -6.63. The number of aromatic amines is 1. The Kier molecular flexibility index (Phi) is 21.8. The van der Waals surface area contributed by atoms with Gasteiger partial charge in [-0.15, -0.1) is 0 Å². The van der Waals surface area contributed by atoms with E-state index >= 15 is 0 Å². The van der Waals surface area contributed by atoms with Gasteiger partial charge in [0.15, 0.2) is 0 Å². The number of aliphatic hydroxyl groups is 1. The van der Waals surface area contributed by atoms with Crippen LogP contribution in [0.3, 0.4) is 0 Å². The van der Waals surface area contributed by atoms with Crippen molar-refractivity contribution in [2.45, 2.75) is 166 Å². The summed E-state index contributed by atoms with van der Waals surface area (Å²) in [6.07, 6.45) is 6.77. The first-order chi connectivity index (χ1) is 34.4. The van der Waals surface area contributed by atoms with E-state index in [0.29, 0.717) is 31.4 Å². The molecule has 3 aromatic rings. The number of aromatic nitrogens is 2. The molecule has 1 aliphatic carbocycles. The summed E-state index contributed by atoms with van der Waals surface area (Å²) in [5.41, 5.74) is 7.83. The van der Waals surface area contributed by atoms with Crippen molar-refractivity contribution in [3.05, 3.63) is 90.0 Å². The zero-order valence-corrected chi connectivity index (χ0v) is 42.4. The first-order valence-corrected chi connectivity index (χ1v) is 25.5. The molecule has 19 heteroatoms. The summed E-state index contributed by atoms with van der Waals surface area (Å²) < 4.78 is 0. The monoisotopic (exact) mass is 997 g/mol. The van der Waals surface area contributed by atoms with E-state index in [1.807, 2.05) is 88.4 Å². The maximum Gasteiger partial charge on any atom is 0.246 e. The molecule has 10 N–H and O–H groups in total. The molecule has 72 heavy (non-hydrogen) atoms. The van der Waals surface area contributed by atoms with Crippen LogP contribution in [0, 0.1) is 17.8 Å². The molecule has 1 aromatic heterocycles. The third-order valence-corrected chi connectivity index (χ3v) is 13.3. The summed E-state index contributed by atoms with van der Waals surface area (Å²) in [5.74, 6) is -4.91. The van der Waals surface area contributed by atoms with Crippen LogP contribution in [0.15, 0.2) is 73.2 Å². The number of nitrogens with two attached hydrogens (primary N) is 1. The van der Waals surface area contributed by atoms with Gasteiger partial charge in [0.2, 0.25) is 47.3 Å². The summed E-state index contributed by atoms with van der Waals surface area (Å²) in [6.45, 7) is 9.17. The smallest absolute Gasteiger partial charge is 0.246 e. The maximum atomic E-state index is 14.6. The SMILES string of the molecule is CC(=O)N[C@@H](Cc1cnc[nH]1)C(=O)N1CCC[C@@H]1C(=O)N[C@@H](Cc1ccccc1)C(=O)N[C@H](C(=O)N[C@@H](CC(C)C)[C@@H](O)CC(=O)N[C@@H](CC(C)C)C(=O)N[C@@H](Cc1ccccc1)C(N)=O)C1CCCCC1. The predicted molar refractivity (Wildman–Crippen MR) is 270 cm³/mol. The molecule has 1 saturated carbocycles. The number of amides is 8. The number of nitrogens with zero attached hydrogens (tertiary/aromatic N) is 2. The second-order valence-electron chi connectivity index (χ2n) is 20.3. The number of likely N-dealkylation sites (tertiary alicyclic amines) is 1. The van der Waals surface area contributed by atoms with Crippen LogP contribution in [0.2, 0.25) is 0 Å². The molecule has 2 heterocycles. The molecule has 0 spiro atoms. The predicted octanol–water partition coefficient (Wildman–Crippen LogP) is 2.27. The van der Waals surface area contributed by atoms with Gasteiger partial charge in [-0.2, -0.15) is 0 Å². The van der Waals surface area contributed by atoms with Gasteiger partial charge >= 0.3 is 0 Å². The highest BCUT2D eigenvalue weighted by molar-refractivity contribution is 5.96. The normalized spacial score (nSPS) is 17.9. The summed E-state index contributed by atoms with van der Waals surface area (Å²) in [6, 6.07) is 11.0. The molecular formula is C53H76N10O9.